The molecule has 3 rings (SSSR count). The first-order valence-corrected chi connectivity index (χ1v) is 8.52. The molecule has 24 heavy (non-hydrogen) atoms. The predicted octanol–water partition coefficient (Wildman–Crippen LogP) is 1.97. The summed E-state index contributed by atoms with van der Waals surface area (Å²) >= 11 is 0. The molecule has 1 saturated carbocycles. The number of ether oxygens (including phenoxy) is 3. The molecule has 1 spiro atoms. The van der Waals surface area contributed by atoms with Crippen molar-refractivity contribution in [3.05, 3.63) is 23.9 Å². The standard InChI is InChI=1S/C17H25N3O4/c1-22-15-13(6-5-9-18-15)10-19-16(21)20-11-14-12-23-17(24-14)7-3-2-4-8-17/h5-6,9,14H,2-4,7-8,10-12H2,1H3,(H2,19,20,21)/t14-/m1/s1. The lowest BCUT2D eigenvalue weighted by Gasteiger charge is -2.31. The van der Waals surface area contributed by atoms with Gasteiger partial charge < -0.3 is 24.8 Å². The first-order chi connectivity index (χ1) is 11.7. The SMILES string of the molecule is COc1ncccc1CNC(=O)NC[C@@H]1COC2(CCCCC2)O1. The van der Waals surface area contributed by atoms with Gasteiger partial charge in [-0.1, -0.05) is 12.5 Å². The highest BCUT2D eigenvalue weighted by molar-refractivity contribution is 5.73. The lowest BCUT2D eigenvalue weighted by atomic mass is 9.94. The van der Waals surface area contributed by atoms with E-state index in [1.165, 1.54) is 6.42 Å². The van der Waals surface area contributed by atoms with E-state index in [-0.39, 0.29) is 12.1 Å². The Balaban J connectivity index is 1.40. The summed E-state index contributed by atoms with van der Waals surface area (Å²) in [5, 5.41) is 5.64. The van der Waals surface area contributed by atoms with Crippen LogP contribution in [0.4, 0.5) is 4.79 Å². The van der Waals surface area contributed by atoms with E-state index in [0.717, 1.165) is 31.2 Å². The van der Waals surface area contributed by atoms with Crippen LogP contribution >= 0.6 is 0 Å². The van der Waals surface area contributed by atoms with Crippen molar-refractivity contribution in [3.8, 4) is 5.88 Å². The van der Waals surface area contributed by atoms with Crippen molar-refractivity contribution in [1.82, 2.24) is 15.6 Å². The number of hydrogen-bond donors (Lipinski definition) is 2. The molecule has 1 aromatic heterocycles. The predicted molar refractivity (Wildman–Crippen MR) is 87.7 cm³/mol. The summed E-state index contributed by atoms with van der Waals surface area (Å²) in [6.07, 6.45) is 7.02. The number of amides is 2. The molecule has 7 nitrogen and oxygen atoms in total. The second kappa shape index (κ2) is 7.81. The van der Waals surface area contributed by atoms with Crippen LogP contribution in [-0.4, -0.2) is 43.2 Å². The molecule has 0 unspecified atom stereocenters. The van der Waals surface area contributed by atoms with Crippen LogP contribution in [0.15, 0.2) is 18.3 Å². The number of carbonyl (C=O) groups is 1. The minimum Gasteiger partial charge on any atom is -0.481 e. The Kier molecular flexibility index (Phi) is 5.52. The summed E-state index contributed by atoms with van der Waals surface area (Å²) in [5.74, 6) is 0.119. The molecular weight excluding hydrogens is 310 g/mol. The summed E-state index contributed by atoms with van der Waals surface area (Å²) < 4.78 is 17.1. The largest absolute Gasteiger partial charge is 0.481 e. The summed E-state index contributed by atoms with van der Waals surface area (Å²) in [7, 11) is 1.56. The van der Waals surface area contributed by atoms with Gasteiger partial charge in [-0.3, -0.25) is 0 Å². The molecule has 2 aliphatic rings. The topological polar surface area (TPSA) is 81.7 Å². The Hall–Kier alpha value is -1.86. The van der Waals surface area contributed by atoms with Gasteiger partial charge in [0.05, 0.1) is 13.7 Å². The third kappa shape index (κ3) is 4.15. The summed E-state index contributed by atoms with van der Waals surface area (Å²) in [6.45, 7) is 1.34. The maximum Gasteiger partial charge on any atom is 0.315 e. The zero-order chi connectivity index (χ0) is 16.8. The lowest BCUT2D eigenvalue weighted by molar-refractivity contribution is -0.186. The van der Waals surface area contributed by atoms with Crippen molar-refractivity contribution in [2.75, 3.05) is 20.3 Å². The number of hydrogen-bond acceptors (Lipinski definition) is 5. The van der Waals surface area contributed by atoms with E-state index in [4.69, 9.17) is 14.2 Å². The maximum absolute atomic E-state index is 12.0. The fraction of sp³-hybridized carbons (Fsp3) is 0.647. The van der Waals surface area contributed by atoms with Crippen molar-refractivity contribution in [2.45, 2.75) is 50.5 Å². The number of aromatic nitrogens is 1. The van der Waals surface area contributed by atoms with E-state index in [2.05, 4.69) is 15.6 Å². The van der Waals surface area contributed by atoms with Gasteiger partial charge in [-0.25, -0.2) is 9.78 Å². The van der Waals surface area contributed by atoms with E-state index in [9.17, 15) is 4.79 Å². The number of methoxy groups -OCH3 is 1. The van der Waals surface area contributed by atoms with Crippen LogP contribution < -0.4 is 15.4 Å². The Morgan fingerprint density at radius 1 is 1.38 bits per heavy atom. The van der Waals surface area contributed by atoms with Gasteiger partial charge in [0.15, 0.2) is 5.79 Å². The molecule has 0 radical (unpaired) electrons. The number of rotatable bonds is 5. The number of nitrogens with zero attached hydrogens (tertiary/aromatic N) is 1. The van der Waals surface area contributed by atoms with E-state index >= 15 is 0 Å². The Labute approximate surface area is 142 Å². The van der Waals surface area contributed by atoms with Crippen molar-refractivity contribution in [3.63, 3.8) is 0 Å². The highest BCUT2D eigenvalue weighted by atomic mass is 16.7. The Morgan fingerprint density at radius 3 is 3.00 bits per heavy atom. The van der Waals surface area contributed by atoms with Crippen LogP contribution in [0.2, 0.25) is 0 Å². The van der Waals surface area contributed by atoms with Crippen molar-refractivity contribution in [2.24, 2.45) is 0 Å². The monoisotopic (exact) mass is 335 g/mol. The Bertz CT molecular complexity index is 561. The van der Waals surface area contributed by atoms with Crippen LogP contribution in [0.1, 0.15) is 37.7 Å². The quantitative estimate of drug-likeness (QED) is 0.860. The molecule has 2 N–H and O–H groups in total. The molecule has 7 heteroatoms. The first kappa shape index (κ1) is 17.0. The zero-order valence-electron chi connectivity index (χ0n) is 14.0. The van der Waals surface area contributed by atoms with Crippen LogP contribution in [0, 0.1) is 0 Å². The van der Waals surface area contributed by atoms with E-state index in [0.29, 0.717) is 25.6 Å². The van der Waals surface area contributed by atoms with Gasteiger partial charge in [0.2, 0.25) is 5.88 Å². The number of urea groups is 1. The van der Waals surface area contributed by atoms with Crippen LogP contribution in [0.3, 0.4) is 0 Å². The Morgan fingerprint density at radius 2 is 2.21 bits per heavy atom. The molecule has 1 aliphatic heterocycles. The zero-order valence-corrected chi connectivity index (χ0v) is 14.0. The fourth-order valence-electron chi connectivity index (χ4n) is 3.26. The van der Waals surface area contributed by atoms with Gasteiger partial charge in [0.1, 0.15) is 6.10 Å². The molecule has 1 saturated heterocycles. The minimum atomic E-state index is -0.399. The second-order valence-corrected chi connectivity index (χ2v) is 6.26. The molecule has 2 fully saturated rings. The summed E-state index contributed by atoms with van der Waals surface area (Å²) in [5.41, 5.74) is 0.830. The molecule has 132 valence electrons. The molecule has 1 aliphatic carbocycles. The van der Waals surface area contributed by atoms with Crippen LogP contribution in [0.5, 0.6) is 5.88 Å². The number of nitrogens with one attached hydrogen (secondary N) is 2. The smallest absolute Gasteiger partial charge is 0.315 e. The highest BCUT2D eigenvalue weighted by Gasteiger charge is 2.42. The van der Waals surface area contributed by atoms with Gasteiger partial charge in [-0.2, -0.15) is 0 Å². The van der Waals surface area contributed by atoms with Crippen molar-refractivity contribution < 1.29 is 19.0 Å². The molecule has 2 heterocycles. The molecule has 0 aromatic carbocycles. The van der Waals surface area contributed by atoms with Gasteiger partial charge in [-0.05, 0) is 18.9 Å². The lowest BCUT2D eigenvalue weighted by Crippen LogP contribution is -2.41. The third-order valence-electron chi connectivity index (χ3n) is 4.50. The normalized spacial score (nSPS) is 22.3. The van der Waals surface area contributed by atoms with E-state index in [1.54, 1.807) is 13.3 Å². The van der Waals surface area contributed by atoms with Crippen LogP contribution in [-0.2, 0) is 16.0 Å². The summed E-state index contributed by atoms with van der Waals surface area (Å²) in [4.78, 5) is 16.1. The average Bonchev–Trinajstić information content (AvgIpc) is 3.01. The average molecular weight is 335 g/mol. The molecule has 1 atom stereocenters. The maximum atomic E-state index is 12.0. The van der Waals surface area contributed by atoms with Gasteiger partial charge >= 0.3 is 6.03 Å². The molecule has 2 amide bonds. The molecule has 1 aromatic rings. The molecular formula is C17H25N3O4. The van der Waals surface area contributed by atoms with Gasteiger partial charge in [0, 0.05) is 37.7 Å². The van der Waals surface area contributed by atoms with Gasteiger partial charge in [-0.15, -0.1) is 0 Å². The summed E-state index contributed by atoms with van der Waals surface area (Å²) in [6, 6.07) is 3.44. The number of carbonyl (C=O) groups excluding carboxylic acids is 1. The van der Waals surface area contributed by atoms with E-state index in [1.807, 2.05) is 12.1 Å². The molecule has 0 bridgehead atoms. The minimum absolute atomic E-state index is 0.0817. The van der Waals surface area contributed by atoms with Crippen molar-refractivity contribution >= 4 is 6.03 Å². The second-order valence-electron chi connectivity index (χ2n) is 6.26. The highest BCUT2D eigenvalue weighted by Crippen LogP contribution is 2.37. The van der Waals surface area contributed by atoms with Crippen molar-refractivity contribution in [1.29, 1.82) is 0 Å². The van der Waals surface area contributed by atoms with Crippen LogP contribution in [0.25, 0.3) is 0 Å². The first-order valence-electron chi connectivity index (χ1n) is 8.52. The van der Waals surface area contributed by atoms with E-state index < -0.39 is 5.79 Å². The van der Waals surface area contributed by atoms with Gasteiger partial charge in [0.25, 0.3) is 0 Å². The third-order valence-corrected chi connectivity index (χ3v) is 4.50. The number of pyridine rings is 1. The fourth-order valence-corrected chi connectivity index (χ4v) is 3.26.